The van der Waals surface area contributed by atoms with E-state index >= 15 is 0 Å². The van der Waals surface area contributed by atoms with E-state index in [0.717, 1.165) is 112 Å². The van der Waals surface area contributed by atoms with Crippen molar-refractivity contribution in [1.29, 1.82) is 10.5 Å². The van der Waals surface area contributed by atoms with E-state index < -0.39 is 11.7 Å². The summed E-state index contributed by atoms with van der Waals surface area (Å²) in [5, 5.41) is 25.6. The van der Waals surface area contributed by atoms with Crippen molar-refractivity contribution in [2.75, 3.05) is 0 Å². The summed E-state index contributed by atoms with van der Waals surface area (Å²) < 4.78 is 47.7. The van der Waals surface area contributed by atoms with E-state index in [1.54, 1.807) is 0 Å². The van der Waals surface area contributed by atoms with Crippen LogP contribution in [-0.4, -0.2) is 9.13 Å². The first kappa shape index (κ1) is 49.4. The molecule has 0 bridgehead atoms. The third-order valence-electron chi connectivity index (χ3n) is 15.7. The molecule has 7 heteroatoms. The van der Waals surface area contributed by atoms with E-state index in [4.69, 9.17) is 0 Å². The molecule has 0 spiro atoms. The van der Waals surface area contributed by atoms with Crippen LogP contribution in [-0.2, 0) is 6.18 Å². The molecule has 0 radical (unpaired) electrons. The number of aromatic nitrogens is 2. The first-order chi connectivity index (χ1) is 38.8. The molecule has 0 fully saturated rings. The monoisotopic (exact) mass is 1040 g/mol. The Bertz CT molecular complexity index is 4510. The highest BCUT2D eigenvalue weighted by atomic mass is 19.4. The van der Waals surface area contributed by atoms with Crippen LogP contribution < -0.4 is 0 Å². The molecule has 80 heavy (non-hydrogen) atoms. The lowest BCUT2D eigenvalue weighted by Crippen LogP contribution is -2.06. The average Bonchev–Trinajstić information content (AvgIpc) is 4.18. The summed E-state index contributed by atoms with van der Waals surface area (Å²) in [6.45, 7) is 8.32. The Kier molecular flexibility index (Phi) is 11.9. The molecular formula is C73H49F3N4. The summed E-state index contributed by atoms with van der Waals surface area (Å²) in [4.78, 5) is 0. The van der Waals surface area contributed by atoms with Gasteiger partial charge in [-0.15, -0.1) is 0 Å². The van der Waals surface area contributed by atoms with Gasteiger partial charge < -0.3 is 9.13 Å². The van der Waals surface area contributed by atoms with Crippen molar-refractivity contribution in [3.8, 4) is 90.3 Å². The van der Waals surface area contributed by atoms with Crippen LogP contribution >= 0.6 is 0 Å². The first-order valence-electron chi connectivity index (χ1n) is 26.6. The number of hydrogen-bond donors (Lipinski definition) is 0. The molecule has 0 atom stereocenters. The van der Waals surface area contributed by atoms with Crippen LogP contribution in [0.4, 0.5) is 13.2 Å². The maximum Gasteiger partial charge on any atom is 0.416 e. The van der Waals surface area contributed by atoms with Crippen LogP contribution in [0.25, 0.3) is 122 Å². The molecule has 13 rings (SSSR count). The smallest absolute Gasteiger partial charge is 0.309 e. The SMILES string of the molecule is Cc1ccc(-c2ccc3c(c2)c2cc(-c4ccc(C)cc4)ccc2n3-c2ccc(-c3ccc(C(F)(F)F)cc3C#N)c(-c3cc(C#N)ccc3-n3c4ccc(-c5ccc(C)cc5)cc4c4cc(-c5ccc(C)cc5)ccc43)c2)cc1. The number of benzene rings is 11. The van der Waals surface area contributed by atoms with Gasteiger partial charge in [0.15, 0.2) is 0 Å². The van der Waals surface area contributed by atoms with E-state index in [-0.39, 0.29) is 5.56 Å². The fraction of sp³-hybridized carbons (Fsp3) is 0.0685. The molecule has 0 amide bonds. The highest BCUT2D eigenvalue weighted by Gasteiger charge is 2.32. The lowest BCUT2D eigenvalue weighted by atomic mass is 9.89. The van der Waals surface area contributed by atoms with Gasteiger partial charge in [0.2, 0.25) is 0 Å². The predicted molar refractivity (Wildman–Crippen MR) is 321 cm³/mol. The van der Waals surface area contributed by atoms with Gasteiger partial charge in [-0.2, -0.15) is 23.7 Å². The van der Waals surface area contributed by atoms with Crippen LogP contribution in [0, 0.1) is 50.4 Å². The summed E-state index contributed by atoms with van der Waals surface area (Å²) in [5.74, 6) is 0. The minimum atomic E-state index is -4.67. The van der Waals surface area contributed by atoms with Crippen LogP contribution in [0.2, 0.25) is 0 Å². The fourth-order valence-electron chi connectivity index (χ4n) is 11.5. The Hall–Kier alpha value is -10.2. The minimum absolute atomic E-state index is 0.125. The lowest BCUT2D eigenvalue weighted by Gasteiger charge is -2.20. The van der Waals surface area contributed by atoms with Crippen LogP contribution in [0.1, 0.15) is 38.9 Å². The highest BCUT2D eigenvalue weighted by molar-refractivity contribution is 6.14. The fourth-order valence-corrected chi connectivity index (χ4v) is 11.5. The maximum atomic E-state index is 14.4. The van der Waals surface area contributed by atoms with Crippen LogP contribution in [0.5, 0.6) is 0 Å². The summed E-state index contributed by atoms with van der Waals surface area (Å²) in [6.07, 6.45) is -4.67. The Morgan fingerprint density at radius 1 is 0.325 bits per heavy atom. The maximum absolute atomic E-state index is 14.4. The number of nitriles is 2. The van der Waals surface area contributed by atoms with Crippen molar-refractivity contribution >= 4 is 43.6 Å². The van der Waals surface area contributed by atoms with Crippen molar-refractivity contribution in [2.24, 2.45) is 0 Å². The summed E-state index contributed by atoms with van der Waals surface area (Å²) in [7, 11) is 0. The summed E-state index contributed by atoms with van der Waals surface area (Å²) in [5.41, 5.74) is 20.0. The molecule has 13 aromatic rings. The van der Waals surface area contributed by atoms with Crippen molar-refractivity contribution in [3.05, 3.63) is 263 Å². The van der Waals surface area contributed by atoms with Crippen molar-refractivity contribution in [2.45, 2.75) is 33.9 Å². The van der Waals surface area contributed by atoms with E-state index in [0.29, 0.717) is 27.8 Å². The van der Waals surface area contributed by atoms with Gasteiger partial charge in [-0.25, -0.2) is 0 Å². The van der Waals surface area contributed by atoms with E-state index in [1.807, 2.05) is 30.3 Å². The molecule has 0 N–H and O–H groups in total. The molecule has 0 saturated carbocycles. The minimum Gasteiger partial charge on any atom is -0.309 e. The second kappa shape index (κ2) is 19.4. The molecule has 0 unspecified atom stereocenters. The van der Waals surface area contributed by atoms with Crippen molar-refractivity contribution < 1.29 is 13.2 Å². The van der Waals surface area contributed by atoms with Crippen molar-refractivity contribution in [1.82, 2.24) is 9.13 Å². The molecule has 0 aliphatic rings. The normalized spacial score (nSPS) is 11.7. The van der Waals surface area contributed by atoms with Gasteiger partial charge in [-0.1, -0.05) is 156 Å². The topological polar surface area (TPSA) is 57.4 Å². The van der Waals surface area contributed by atoms with Gasteiger partial charge in [0.25, 0.3) is 0 Å². The van der Waals surface area contributed by atoms with E-state index in [2.05, 4.69) is 225 Å². The zero-order chi connectivity index (χ0) is 55.0. The predicted octanol–water partition coefficient (Wildman–Crippen LogP) is 19.9. The Morgan fingerprint density at radius 3 is 1.10 bits per heavy atom. The molecule has 2 heterocycles. The zero-order valence-corrected chi connectivity index (χ0v) is 44.3. The van der Waals surface area contributed by atoms with Crippen LogP contribution in [0.15, 0.2) is 224 Å². The Labute approximate surface area is 461 Å². The van der Waals surface area contributed by atoms with E-state index in [1.165, 1.54) is 28.3 Å². The highest BCUT2D eigenvalue weighted by Crippen LogP contribution is 2.46. The molecular weight excluding hydrogens is 990 g/mol. The number of fused-ring (bicyclic) bond motifs is 6. The average molecular weight is 1040 g/mol. The van der Waals surface area contributed by atoms with Gasteiger partial charge in [0, 0.05) is 38.4 Å². The van der Waals surface area contributed by atoms with Gasteiger partial charge in [0.1, 0.15) is 0 Å². The van der Waals surface area contributed by atoms with Crippen LogP contribution in [0.3, 0.4) is 0 Å². The molecule has 11 aromatic carbocycles. The van der Waals surface area contributed by atoms with Crippen molar-refractivity contribution in [3.63, 3.8) is 0 Å². The van der Waals surface area contributed by atoms with E-state index in [9.17, 15) is 23.7 Å². The number of nitrogens with zero attached hydrogens (tertiary/aromatic N) is 4. The third-order valence-corrected chi connectivity index (χ3v) is 15.7. The molecule has 382 valence electrons. The van der Waals surface area contributed by atoms with Gasteiger partial charge in [-0.3, -0.25) is 0 Å². The number of rotatable bonds is 8. The molecule has 2 aromatic heterocycles. The Morgan fingerprint density at radius 2 is 0.713 bits per heavy atom. The quantitative estimate of drug-likeness (QED) is 0.152. The summed E-state index contributed by atoms with van der Waals surface area (Å²) in [6, 6.07) is 79.7. The number of alkyl halides is 3. The standard InChI is InChI=1S/C73H49F3N4/c1-44-5-14-49(15-6-44)53-22-31-68-64(37-53)65-38-54(50-16-7-45(2)8-17-50)23-32-69(65)79(68)59-27-29-61(60-28-26-58(73(74,75)76)36-57(60)43-78)62(41-59)63-35-48(42-77)13-30-70(63)80-71-33-24-55(51-18-9-46(3)10-19-51)39-66(71)67-40-56(25-34-72(67)80)52-20-11-47(4)12-21-52/h5-41H,1-4H3. The second-order valence-electron chi connectivity index (χ2n) is 21.0. The zero-order valence-electron chi connectivity index (χ0n) is 44.3. The third kappa shape index (κ3) is 8.67. The molecule has 0 saturated heterocycles. The largest absolute Gasteiger partial charge is 0.416 e. The number of hydrogen-bond acceptors (Lipinski definition) is 2. The number of aryl methyl sites for hydroxylation is 4. The second-order valence-corrected chi connectivity index (χ2v) is 21.0. The molecule has 0 aliphatic heterocycles. The Balaban J connectivity index is 1.10. The van der Waals surface area contributed by atoms with Gasteiger partial charge in [-0.05, 0) is 174 Å². The van der Waals surface area contributed by atoms with Gasteiger partial charge >= 0.3 is 6.18 Å². The first-order valence-corrected chi connectivity index (χ1v) is 26.6. The number of halogens is 3. The molecule has 4 nitrogen and oxygen atoms in total. The summed E-state index contributed by atoms with van der Waals surface area (Å²) >= 11 is 0. The molecule has 0 aliphatic carbocycles. The van der Waals surface area contributed by atoms with Gasteiger partial charge in [0.05, 0.1) is 56.6 Å². The lowest BCUT2D eigenvalue weighted by molar-refractivity contribution is -0.137.